The Morgan fingerprint density at radius 3 is 2.41 bits per heavy atom. The van der Waals surface area contributed by atoms with Crippen LogP contribution in [-0.2, 0) is 6.18 Å². The van der Waals surface area contributed by atoms with Gasteiger partial charge in [-0.25, -0.2) is 9.97 Å². The van der Waals surface area contributed by atoms with Gasteiger partial charge < -0.3 is 9.64 Å². The van der Waals surface area contributed by atoms with E-state index >= 15 is 0 Å². The van der Waals surface area contributed by atoms with E-state index < -0.39 is 11.7 Å². The first-order valence-corrected chi connectivity index (χ1v) is 9.84. The quantitative estimate of drug-likeness (QED) is 0.426. The van der Waals surface area contributed by atoms with Gasteiger partial charge >= 0.3 is 6.18 Å². The molecule has 3 aromatic rings. The molecule has 0 spiro atoms. The molecule has 0 fully saturated rings. The Morgan fingerprint density at radius 1 is 1.03 bits per heavy atom. The van der Waals surface area contributed by atoms with Crippen molar-refractivity contribution in [1.29, 1.82) is 0 Å². The SMILES string of the molecule is CCCOc1ccccc1N(C)c1ncc(C(F)(F)F)c(Sc2ccccc2)n1. The summed E-state index contributed by atoms with van der Waals surface area (Å²) >= 11 is 0.957. The molecule has 3 rings (SSSR count). The minimum absolute atomic E-state index is 0.146. The molecule has 0 amide bonds. The van der Waals surface area contributed by atoms with Crippen molar-refractivity contribution in [3.8, 4) is 5.75 Å². The second-order valence-electron chi connectivity index (χ2n) is 6.18. The van der Waals surface area contributed by atoms with Crippen molar-refractivity contribution >= 4 is 23.4 Å². The molecule has 29 heavy (non-hydrogen) atoms. The summed E-state index contributed by atoms with van der Waals surface area (Å²) in [5.74, 6) is 0.779. The van der Waals surface area contributed by atoms with Crippen LogP contribution < -0.4 is 9.64 Å². The average molecular weight is 419 g/mol. The maximum absolute atomic E-state index is 13.5. The van der Waals surface area contributed by atoms with E-state index in [0.29, 0.717) is 22.9 Å². The Labute approximate surface area is 171 Å². The van der Waals surface area contributed by atoms with Gasteiger partial charge in [0.25, 0.3) is 0 Å². The van der Waals surface area contributed by atoms with Gasteiger partial charge in [0, 0.05) is 18.1 Å². The van der Waals surface area contributed by atoms with Crippen molar-refractivity contribution in [1.82, 2.24) is 9.97 Å². The van der Waals surface area contributed by atoms with Gasteiger partial charge in [-0.3, -0.25) is 0 Å². The molecule has 1 heterocycles. The molecule has 0 aliphatic heterocycles. The normalized spacial score (nSPS) is 11.3. The molecule has 1 aromatic heterocycles. The zero-order valence-electron chi connectivity index (χ0n) is 16.0. The maximum Gasteiger partial charge on any atom is 0.420 e. The summed E-state index contributed by atoms with van der Waals surface area (Å²) in [4.78, 5) is 10.5. The van der Waals surface area contributed by atoms with Crippen LogP contribution in [0.4, 0.5) is 24.8 Å². The van der Waals surface area contributed by atoms with Gasteiger partial charge in [-0.1, -0.05) is 49.0 Å². The van der Waals surface area contributed by atoms with Crippen molar-refractivity contribution in [3.63, 3.8) is 0 Å². The molecule has 0 aliphatic carbocycles. The summed E-state index contributed by atoms with van der Waals surface area (Å²) < 4.78 is 46.2. The summed E-state index contributed by atoms with van der Waals surface area (Å²) in [7, 11) is 1.70. The Morgan fingerprint density at radius 2 is 1.72 bits per heavy atom. The Kier molecular flexibility index (Phi) is 6.64. The highest BCUT2D eigenvalue weighted by Gasteiger charge is 2.35. The molecule has 8 heteroatoms. The minimum atomic E-state index is -4.55. The third-order valence-electron chi connectivity index (χ3n) is 3.99. The average Bonchev–Trinajstić information content (AvgIpc) is 2.72. The number of aromatic nitrogens is 2. The van der Waals surface area contributed by atoms with Crippen LogP contribution in [0.3, 0.4) is 0 Å². The Hall–Kier alpha value is -2.74. The number of benzene rings is 2. The lowest BCUT2D eigenvalue weighted by molar-refractivity contribution is -0.140. The van der Waals surface area contributed by atoms with Crippen molar-refractivity contribution < 1.29 is 17.9 Å². The van der Waals surface area contributed by atoms with E-state index in [9.17, 15) is 13.2 Å². The number of halogens is 3. The van der Waals surface area contributed by atoms with Gasteiger partial charge in [0.1, 0.15) is 16.3 Å². The molecule has 152 valence electrons. The van der Waals surface area contributed by atoms with Crippen LogP contribution in [0.15, 0.2) is 70.7 Å². The van der Waals surface area contributed by atoms with E-state index in [1.165, 1.54) is 0 Å². The highest BCUT2D eigenvalue weighted by atomic mass is 32.2. The summed E-state index contributed by atoms with van der Waals surface area (Å²) in [5.41, 5.74) is -0.185. The fourth-order valence-electron chi connectivity index (χ4n) is 2.57. The maximum atomic E-state index is 13.5. The first-order valence-electron chi connectivity index (χ1n) is 9.03. The molecule has 0 saturated heterocycles. The summed E-state index contributed by atoms with van der Waals surface area (Å²) in [6.45, 7) is 2.53. The van der Waals surface area contributed by atoms with Crippen LogP contribution in [-0.4, -0.2) is 23.6 Å². The van der Waals surface area contributed by atoms with Gasteiger partial charge in [-0.05, 0) is 30.7 Å². The van der Waals surface area contributed by atoms with E-state index in [1.807, 2.05) is 31.2 Å². The zero-order chi connectivity index (χ0) is 20.9. The number of anilines is 2. The molecule has 0 radical (unpaired) electrons. The molecule has 4 nitrogen and oxygen atoms in total. The van der Waals surface area contributed by atoms with Crippen LogP contribution in [0.1, 0.15) is 18.9 Å². The second-order valence-corrected chi connectivity index (χ2v) is 7.24. The van der Waals surface area contributed by atoms with Gasteiger partial charge in [-0.2, -0.15) is 13.2 Å². The highest BCUT2D eigenvalue weighted by molar-refractivity contribution is 7.99. The number of alkyl halides is 3. The van der Waals surface area contributed by atoms with E-state index in [-0.39, 0.29) is 11.0 Å². The summed E-state index contributed by atoms with van der Waals surface area (Å²) in [6, 6.07) is 16.1. The summed E-state index contributed by atoms with van der Waals surface area (Å²) in [5, 5.41) is -0.146. The number of hydrogen-bond donors (Lipinski definition) is 0. The van der Waals surface area contributed by atoms with E-state index in [0.717, 1.165) is 24.4 Å². The van der Waals surface area contributed by atoms with Crippen LogP contribution in [0.25, 0.3) is 0 Å². The first kappa shape index (κ1) is 21.0. The number of para-hydroxylation sites is 2. The van der Waals surface area contributed by atoms with Crippen molar-refractivity contribution in [2.45, 2.75) is 29.4 Å². The van der Waals surface area contributed by atoms with Crippen molar-refractivity contribution in [3.05, 3.63) is 66.4 Å². The van der Waals surface area contributed by atoms with E-state index in [2.05, 4.69) is 9.97 Å². The van der Waals surface area contributed by atoms with Gasteiger partial charge in [-0.15, -0.1) is 0 Å². The largest absolute Gasteiger partial charge is 0.491 e. The van der Waals surface area contributed by atoms with Gasteiger partial charge in [0.15, 0.2) is 0 Å². The fraction of sp³-hybridized carbons (Fsp3) is 0.238. The Bertz CT molecular complexity index is 951. The Balaban J connectivity index is 1.99. The smallest absolute Gasteiger partial charge is 0.420 e. The van der Waals surface area contributed by atoms with Crippen molar-refractivity contribution in [2.24, 2.45) is 0 Å². The number of ether oxygens (including phenoxy) is 1. The van der Waals surface area contributed by atoms with E-state index in [1.54, 1.807) is 42.3 Å². The molecule has 0 unspecified atom stereocenters. The molecular weight excluding hydrogens is 399 g/mol. The third-order valence-corrected chi connectivity index (χ3v) is 5.00. The van der Waals surface area contributed by atoms with Crippen molar-refractivity contribution in [2.75, 3.05) is 18.6 Å². The predicted octanol–water partition coefficient (Wildman–Crippen LogP) is 6.20. The minimum Gasteiger partial charge on any atom is -0.491 e. The monoisotopic (exact) mass is 419 g/mol. The topological polar surface area (TPSA) is 38.2 Å². The van der Waals surface area contributed by atoms with Crippen LogP contribution >= 0.6 is 11.8 Å². The molecule has 0 saturated carbocycles. The first-order chi connectivity index (χ1) is 13.9. The molecular formula is C21H20F3N3OS. The predicted molar refractivity (Wildman–Crippen MR) is 108 cm³/mol. The molecule has 2 aromatic carbocycles. The fourth-order valence-corrected chi connectivity index (χ4v) is 3.49. The molecule has 0 N–H and O–H groups in total. The molecule has 0 bridgehead atoms. The van der Waals surface area contributed by atoms with Gasteiger partial charge in [0.05, 0.1) is 12.3 Å². The standard InChI is InChI=1S/C21H20F3N3OS/c1-3-13-28-18-12-8-7-11-17(18)27(2)20-25-14-16(21(22,23)24)19(26-20)29-15-9-5-4-6-10-15/h4-12,14H,3,13H2,1-2H3. The summed E-state index contributed by atoms with van der Waals surface area (Å²) in [6.07, 6.45) is -2.87. The van der Waals surface area contributed by atoms with Gasteiger partial charge in [0.2, 0.25) is 5.95 Å². The van der Waals surface area contributed by atoms with E-state index in [4.69, 9.17) is 4.74 Å². The lowest BCUT2D eigenvalue weighted by Gasteiger charge is -2.22. The third kappa shape index (κ3) is 5.20. The van der Waals surface area contributed by atoms with Crippen LogP contribution in [0, 0.1) is 0 Å². The number of hydrogen-bond acceptors (Lipinski definition) is 5. The second kappa shape index (κ2) is 9.17. The highest BCUT2D eigenvalue weighted by Crippen LogP contribution is 2.39. The number of nitrogens with zero attached hydrogens (tertiary/aromatic N) is 3. The zero-order valence-corrected chi connectivity index (χ0v) is 16.8. The van der Waals surface area contributed by atoms with Crippen LogP contribution in [0.5, 0.6) is 5.75 Å². The molecule has 0 atom stereocenters. The lowest BCUT2D eigenvalue weighted by Crippen LogP contribution is -2.17. The van der Waals surface area contributed by atoms with Crippen LogP contribution in [0.2, 0.25) is 0 Å². The molecule has 0 aliphatic rings. The number of rotatable bonds is 7. The lowest BCUT2D eigenvalue weighted by atomic mass is 10.2.